The van der Waals surface area contributed by atoms with E-state index in [0.29, 0.717) is 22.6 Å². The number of hydrogen-bond acceptors (Lipinski definition) is 6. The summed E-state index contributed by atoms with van der Waals surface area (Å²) in [6.07, 6.45) is 1.45. The average molecular weight is 383 g/mol. The second-order valence-electron chi connectivity index (χ2n) is 6.13. The van der Waals surface area contributed by atoms with Crippen LogP contribution in [0.4, 0.5) is 17.3 Å². The van der Waals surface area contributed by atoms with Crippen molar-refractivity contribution in [3.8, 4) is 0 Å². The topological polar surface area (TPSA) is 97.0 Å². The zero-order valence-electron chi connectivity index (χ0n) is 14.5. The van der Waals surface area contributed by atoms with Crippen LogP contribution < -0.4 is 16.0 Å². The van der Waals surface area contributed by atoms with E-state index >= 15 is 0 Å². The first kappa shape index (κ1) is 19.2. The fraction of sp³-hybridized carbons (Fsp3) is 0.375. The van der Waals surface area contributed by atoms with Gasteiger partial charge in [-0.3, -0.25) is 4.79 Å². The maximum atomic E-state index is 12.4. The number of nitrogens with one attached hydrogen (secondary N) is 1. The zero-order chi connectivity index (χ0) is 18.7. The molecule has 134 valence electrons. The van der Waals surface area contributed by atoms with Gasteiger partial charge >= 0.3 is 0 Å². The fourth-order valence-electron chi connectivity index (χ4n) is 2.28. The molecule has 7 nitrogen and oxygen atoms in total. The number of nitrogens with zero attached hydrogens (tertiary/aromatic N) is 4. The van der Waals surface area contributed by atoms with Crippen LogP contribution in [0.3, 0.4) is 0 Å². The van der Waals surface area contributed by atoms with Gasteiger partial charge in [0, 0.05) is 13.6 Å². The summed E-state index contributed by atoms with van der Waals surface area (Å²) in [5.74, 6) is 0.334. The Kier molecular flexibility index (Phi) is 6.02. The number of carbonyl (C=O) groups excluding carboxylic acids is 1. The minimum Gasteiger partial charge on any atom is -0.382 e. The number of amides is 1. The van der Waals surface area contributed by atoms with E-state index in [9.17, 15) is 4.79 Å². The molecular weight excluding hydrogens is 363 g/mol. The number of aromatic nitrogens is 3. The molecule has 0 atom stereocenters. The third-order valence-electron chi connectivity index (χ3n) is 3.35. The maximum Gasteiger partial charge on any atom is 0.278 e. The van der Waals surface area contributed by atoms with Gasteiger partial charge in [-0.1, -0.05) is 37.0 Å². The highest BCUT2D eigenvalue weighted by atomic mass is 35.5. The smallest absolute Gasteiger partial charge is 0.278 e. The molecule has 0 aliphatic rings. The molecule has 0 saturated carbocycles. The van der Waals surface area contributed by atoms with Gasteiger partial charge in [0.25, 0.3) is 5.91 Å². The van der Waals surface area contributed by atoms with Gasteiger partial charge in [0.1, 0.15) is 5.15 Å². The van der Waals surface area contributed by atoms with Crippen LogP contribution >= 0.6 is 23.2 Å². The fourth-order valence-corrected chi connectivity index (χ4v) is 2.65. The number of anilines is 3. The van der Waals surface area contributed by atoms with Crippen LogP contribution in [0, 0.1) is 12.8 Å². The molecule has 0 radical (unpaired) electrons. The number of nitrogen functional groups attached to an aromatic ring is 1. The first-order valence-corrected chi connectivity index (χ1v) is 8.42. The quantitative estimate of drug-likeness (QED) is 0.768. The molecule has 0 fully saturated rings. The normalized spacial score (nSPS) is 10.8. The van der Waals surface area contributed by atoms with E-state index < -0.39 is 5.91 Å². The predicted octanol–water partition coefficient (Wildman–Crippen LogP) is 3.41. The van der Waals surface area contributed by atoms with Crippen LogP contribution in [0.2, 0.25) is 10.3 Å². The Bertz CT molecular complexity index is 796. The predicted molar refractivity (Wildman–Crippen MR) is 101 cm³/mol. The second kappa shape index (κ2) is 7.84. The third-order valence-corrected chi connectivity index (χ3v) is 4.00. The molecule has 3 N–H and O–H groups in total. The number of pyridine rings is 1. The zero-order valence-corrected chi connectivity index (χ0v) is 16.0. The minimum absolute atomic E-state index is 0.00570. The van der Waals surface area contributed by atoms with Crippen LogP contribution in [-0.4, -0.2) is 34.5 Å². The summed E-state index contributed by atoms with van der Waals surface area (Å²) in [7, 11) is 1.84. The van der Waals surface area contributed by atoms with E-state index in [2.05, 4.69) is 34.1 Å². The highest BCUT2D eigenvalue weighted by Gasteiger charge is 2.19. The van der Waals surface area contributed by atoms with E-state index in [0.717, 1.165) is 12.1 Å². The second-order valence-corrected chi connectivity index (χ2v) is 6.85. The molecule has 0 bridgehead atoms. The lowest BCUT2D eigenvalue weighted by molar-refractivity contribution is 0.102. The highest BCUT2D eigenvalue weighted by Crippen LogP contribution is 2.25. The lowest BCUT2D eigenvalue weighted by Crippen LogP contribution is -2.26. The average Bonchev–Trinajstić information content (AvgIpc) is 2.52. The van der Waals surface area contributed by atoms with Gasteiger partial charge in [-0.05, 0) is 24.5 Å². The molecule has 2 aromatic heterocycles. The van der Waals surface area contributed by atoms with Gasteiger partial charge in [0.05, 0.1) is 11.9 Å². The summed E-state index contributed by atoms with van der Waals surface area (Å²) < 4.78 is 0. The van der Waals surface area contributed by atoms with Gasteiger partial charge in [-0.25, -0.2) is 15.0 Å². The van der Waals surface area contributed by atoms with Crippen LogP contribution in [0.1, 0.15) is 29.9 Å². The van der Waals surface area contributed by atoms with Crippen molar-refractivity contribution in [2.75, 3.05) is 29.5 Å². The number of aryl methyl sites for hydroxylation is 1. The molecule has 1 amide bonds. The molecule has 0 aliphatic heterocycles. The lowest BCUT2D eigenvalue weighted by atomic mass is 10.2. The first-order valence-electron chi connectivity index (χ1n) is 7.66. The Hall–Kier alpha value is -2.12. The van der Waals surface area contributed by atoms with Gasteiger partial charge in [-0.2, -0.15) is 0 Å². The third kappa shape index (κ3) is 4.70. The molecule has 25 heavy (non-hydrogen) atoms. The number of nitrogens with two attached hydrogens (primary N) is 1. The molecule has 0 aliphatic carbocycles. The Morgan fingerprint density at radius 1 is 1.32 bits per heavy atom. The monoisotopic (exact) mass is 382 g/mol. The first-order chi connectivity index (χ1) is 11.7. The van der Waals surface area contributed by atoms with Crippen molar-refractivity contribution >= 4 is 46.4 Å². The highest BCUT2D eigenvalue weighted by molar-refractivity contribution is 6.32. The lowest BCUT2D eigenvalue weighted by Gasteiger charge is -2.21. The van der Waals surface area contributed by atoms with Crippen molar-refractivity contribution in [3.63, 3.8) is 0 Å². The Balaban J connectivity index is 2.25. The van der Waals surface area contributed by atoms with Gasteiger partial charge in [0.15, 0.2) is 22.5 Å². The molecule has 0 saturated heterocycles. The van der Waals surface area contributed by atoms with Crippen molar-refractivity contribution in [1.82, 2.24) is 15.0 Å². The molecule has 2 rings (SSSR count). The largest absolute Gasteiger partial charge is 0.382 e. The molecular formula is C16H20Cl2N6O. The SMILES string of the molecule is Cc1cc(NC(=O)c2nc(Cl)c(N(C)CC(C)C)nc2N)cnc1Cl. The number of rotatable bonds is 5. The van der Waals surface area contributed by atoms with Gasteiger partial charge in [0.2, 0.25) is 0 Å². The maximum absolute atomic E-state index is 12.4. The van der Waals surface area contributed by atoms with Crippen LogP contribution in [0.5, 0.6) is 0 Å². The van der Waals surface area contributed by atoms with E-state index in [1.807, 2.05) is 11.9 Å². The van der Waals surface area contributed by atoms with Crippen molar-refractivity contribution < 1.29 is 4.79 Å². The Morgan fingerprint density at radius 3 is 2.60 bits per heavy atom. The van der Waals surface area contributed by atoms with Crippen molar-refractivity contribution in [2.45, 2.75) is 20.8 Å². The van der Waals surface area contributed by atoms with Crippen LogP contribution in [0.25, 0.3) is 0 Å². The molecule has 0 spiro atoms. The summed E-state index contributed by atoms with van der Waals surface area (Å²) in [5, 5.41) is 3.15. The Labute approximate surface area is 156 Å². The van der Waals surface area contributed by atoms with E-state index in [-0.39, 0.29) is 16.7 Å². The van der Waals surface area contributed by atoms with Gasteiger partial charge in [-0.15, -0.1) is 0 Å². The summed E-state index contributed by atoms with van der Waals surface area (Å²) in [6, 6.07) is 1.70. The number of hydrogen-bond donors (Lipinski definition) is 2. The summed E-state index contributed by atoms with van der Waals surface area (Å²) in [4.78, 5) is 26.6. The number of carbonyl (C=O) groups is 1. The van der Waals surface area contributed by atoms with Gasteiger partial charge < -0.3 is 16.0 Å². The van der Waals surface area contributed by atoms with E-state index in [1.54, 1.807) is 13.0 Å². The molecule has 9 heteroatoms. The van der Waals surface area contributed by atoms with Crippen molar-refractivity contribution in [2.24, 2.45) is 5.92 Å². The summed E-state index contributed by atoms with van der Waals surface area (Å²) in [5.41, 5.74) is 7.08. The molecule has 0 aromatic carbocycles. The minimum atomic E-state index is -0.520. The summed E-state index contributed by atoms with van der Waals surface area (Å²) in [6.45, 7) is 6.67. The molecule has 2 aromatic rings. The number of halogens is 2. The van der Waals surface area contributed by atoms with Crippen LogP contribution in [-0.2, 0) is 0 Å². The van der Waals surface area contributed by atoms with E-state index in [1.165, 1.54) is 6.20 Å². The van der Waals surface area contributed by atoms with Crippen molar-refractivity contribution in [1.29, 1.82) is 0 Å². The molecule has 2 heterocycles. The van der Waals surface area contributed by atoms with Crippen LogP contribution in [0.15, 0.2) is 12.3 Å². The standard InChI is InChI=1S/C16H20Cl2N6O/c1-8(2)7-24(4)15-13(18)22-11(14(19)23-15)16(25)21-10-5-9(3)12(17)20-6-10/h5-6,8H,7H2,1-4H3,(H2,19,23)(H,21,25). The summed E-state index contributed by atoms with van der Waals surface area (Å²) >= 11 is 12.1. The Morgan fingerprint density at radius 2 is 2.00 bits per heavy atom. The van der Waals surface area contributed by atoms with E-state index in [4.69, 9.17) is 28.9 Å². The van der Waals surface area contributed by atoms with Crippen molar-refractivity contribution in [3.05, 3.63) is 33.8 Å². The molecule has 0 unspecified atom stereocenters.